The molecule has 7 heteroatoms. The Balaban J connectivity index is 1.91. The molecule has 138 valence electrons. The highest BCUT2D eigenvalue weighted by atomic mass is 16.5. The number of nitrogens with one attached hydrogen (secondary N) is 2. The molecule has 2 N–H and O–H groups in total. The summed E-state index contributed by atoms with van der Waals surface area (Å²) in [6.07, 6.45) is 1.54. The van der Waals surface area contributed by atoms with Crippen molar-refractivity contribution in [3.05, 3.63) is 48.0 Å². The average Bonchev–Trinajstić information content (AvgIpc) is 2.68. The largest absolute Gasteiger partial charge is 0.497 e. The van der Waals surface area contributed by atoms with E-state index in [1.165, 1.54) is 0 Å². The summed E-state index contributed by atoms with van der Waals surface area (Å²) in [5.41, 5.74) is 4.10. The number of methoxy groups -OCH3 is 3. The molecule has 0 saturated carbocycles. The minimum absolute atomic E-state index is 0.252. The van der Waals surface area contributed by atoms with Crippen LogP contribution in [0.2, 0.25) is 0 Å². The van der Waals surface area contributed by atoms with Crippen molar-refractivity contribution in [3.8, 4) is 17.2 Å². The molecule has 7 nitrogen and oxygen atoms in total. The summed E-state index contributed by atoms with van der Waals surface area (Å²) in [5, 5.41) is 7.08. The standard InChI is InChI=1S/C19H23N3O4/c1-13(21-15-6-8-16(24-2)9-7-15)19(23)22-20-12-14-5-10-17(25-3)18(11-14)26-4/h5-13,21H,1-4H3,(H,22,23)/b20-12+. The SMILES string of the molecule is COc1ccc(NC(C)C(=O)N/N=C/c2ccc(OC)c(OC)c2)cc1. The summed E-state index contributed by atoms with van der Waals surface area (Å²) in [4.78, 5) is 12.1. The van der Waals surface area contributed by atoms with E-state index in [1.54, 1.807) is 46.6 Å². The summed E-state index contributed by atoms with van der Waals surface area (Å²) in [5.74, 6) is 1.73. The Kier molecular flexibility index (Phi) is 6.84. The van der Waals surface area contributed by atoms with E-state index >= 15 is 0 Å². The van der Waals surface area contributed by atoms with Gasteiger partial charge in [-0.25, -0.2) is 5.43 Å². The lowest BCUT2D eigenvalue weighted by Crippen LogP contribution is -2.34. The van der Waals surface area contributed by atoms with E-state index in [9.17, 15) is 4.79 Å². The zero-order valence-corrected chi connectivity index (χ0v) is 15.3. The Hall–Kier alpha value is -3.22. The van der Waals surface area contributed by atoms with Gasteiger partial charge in [0, 0.05) is 5.69 Å². The number of hydrogen-bond acceptors (Lipinski definition) is 6. The molecule has 0 saturated heterocycles. The number of benzene rings is 2. The van der Waals surface area contributed by atoms with Crippen molar-refractivity contribution in [3.63, 3.8) is 0 Å². The molecule has 1 amide bonds. The number of rotatable bonds is 8. The predicted molar refractivity (Wildman–Crippen MR) is 101 cm³/mol. The number of hydrogen-bond donors (Lipinski definition) is 2. The highest BCUT2D eigenvalue weighted by molar-refractivity contribution is 5.86. The maximum atomic E-state index is 12.1. The minimum atomic E-state index is -0.453. The zero-order chi connectivity index (χ0) is 18.9. The molecule has 1 atom stereocenters. The van der Waals surface area contributed by atoms with Crippen LogP contribution < -0.4 is 25.0 Å². The van der Waals surface area contributed by atoms with Gasteiger partial charge in [-0.2, -0.15) is 5.10 Å². The van der Waals surface area contributed by atoms with E-state index in [-0.39, 0.29) is 5.91 Å². The topological polar surface area (TPSA) is 81.2 Å². The molecule has 1 unspecified atom stereocenters. The van der Waals surface area contributed by atoms with Gasteiger partial charge in [0.1, 0.15) is 11.8 Å². The van der Waals surface area contributed by atoms with Crippen molar-refractivity contribution < 1.29 is 19.0 Å². The minimum Gasteiger partial charge on any atom is -0.497 e. The van der Waals surface area contributed by atoms with Gasteiger partial charge >= 0.3 is 0 Å². The fourth-order valence-corrected chi connectivity index (χ4v) is 2.20. The molecule has 0 aliphatic carbocycles. The van der Waals surface area contributed by atoms with Crippen LogP contribution in [0.1, 0.15) is 12.5 Å². The third kappa shape index (κ3) is 5.14. The first-order valence-corrected chi connectivity index (χ1v) is 8.03. The first-order chi connectivity index (χ1) is 12.6. The van der Waals surface area contributed by atoms with E-state index in [1.807, 2.05) is 30.3 Å². The molecule has 26 heavy (non-hydrogen) atoms. The lowest BCUT2D eigenvalue weighted by molar-refractivity contribution is -0.121. The number of hydrazone groups is 1. The van der Waals surface area contributed by atoms with Gasteiger partial charge in [0.25, 0.3) is 5.91 Å². The van der Waals surface area contributed by atoms with E-state index in [2.05, 4.69) is 15.8 Å². The maximum Gasteiger partial charge on any atom is 0.262 e. The second-order valence-corrected chi connectivity index (χ2v) is 5.44. The molecule has 0 aliphatic rings. The van der Waals surface area contributed by atoms with Crippen LogP contribution in [0, 0.1) is 0 Å². The van der Waals surface area contributed by atoms with E-state index in [0.29, 0.717) is 11.5 Å². The highest BCUT2D eigenvalue weighted by Gasteiger charge is 2.11. The summed E-state index contributed by atoms with van der Waals surface area (Å²) in [6, 6.07) is 12.2. The Labute approximate surface area is 153 Å². The fraction of sp³-hybridized carbons (Fsp3) is 0.263. The number of amides is 1. The van der Waals surface area contributed by atoms with Crippen molar-refractivity contribution in [2.24, 2.45) is 5.10 Å². The number of ether oxygens (including phenoxy) is 3. The monoisotopic (exact) mass is 357 g/mol. The second kappa shape index (κ2) is 9.31. The summed E-state index contributed by atoms with van der Waals surface area (Å²) in [7, 11) is 4.74. The van der Waals surface area contributed by atoms with Crippen LogP contribution in [0.25, 0.3) is 0 Å². The Morgan fingerprint density at radius 3 is 2.31 bits per heavy atom. The molecule has 0 fully saturated rings. The summed E-state index contributed by atoms with van der Waals surface area (Å²) < 4.78 is 15.5. The Morgan fingerprint density at radius 2 is 1.69 bits per heavy atom. The average molecular weight is 357 g/mol. The van der Waals surface area contributed by atoms with Crippen molar-refractivity contribution >= 4 is 17.8 Å². The van der Waals surface area contributed by atoms with Crippen molar-refractivity contribution in [2.75, 3.05) is 26.6 Å². The fourth-order valence-electron chi connectivity index (χ4n) is 2.20. The molecule has 0 aliphatic heterocycles. The molecular formula is C19H23N3O4. The predicted octanol–water partition coefficient (Wildman–Crippen LogP) is 2.66. The van der Waals surface area contributed by atoms with E-state index < -0.39 is 6.04 Å². The zero-order valence-electron chi connectivity index (χ0n) is 15.3. The number of nitrogens with zero attached hydrogens (tertiary/aromatic N) is 1. The third-order valence-electron chi connectivity index (χ3n) is 3.66. The lowest BCUT2D eigenvalue weighted by Gasteiger charge is -2.13. The van der Waals surface area contributed by atoms with Gasteiger partial charge in [0.05, 0.1) is 27.5 Å². The molecule has 0 bridgehead atoms. The molecule has 2 rings (SSSR count). The van der Waals surface area contributed by atoms with Crippen LogP contribution in [-0.4, -0.2) is 39.5 Å². The van der Waals surface area contributed by atoms with Gasteiger partial charge in [-0.3, -0.25) is 4.79 Å². The molecule has 0 radical (unpaired) electrons. The first kappa shape index (κ1) is 19.1. The van der Waals surface area contributed by atoms with Gasteiger partial charge in [0.15, 0.2) is 11.5 Å². The van der Waals surface area contributed by atoms with Crippen molar-refractivity contribution in [1.82, 2.24) is 5.43 Å². The number of carbonyl (C=O) groups is 1. The van der Waals surface area contributed by atoms with Crippen molar-refractivity contribution in [1.29, 1.82) is 0 Å². The summed E-state index contributed by atoms with van der Waals surface area (Å²) in [6.45, 7) is 1.76. The van der Waals surface area contributed by atoms with E-state index in [0.717, 1.165) is 17.0 Å². The smallest absolute Gasteiger partial charge is 0.262 e. The first-order valence-electron chi connectivity index (χ1n) is 8.03. The van der Waals surface area contributed by atoms with Gasteiger partial charge in [-0.05, 0) is 55.0 Å². The lowest BCUT2D eigenvalue weighted by atomic mass is 10.2. The molecule has 2 aromatic carbocycles. The second-order valence-electron chi connectivity index (χ2n) is 5.44. The molecule has 0 spiro atoms. The molecule has 0 aromatic heterocycles. The Bertz CT molecular complexity index is 760. The molecular weight excluding hydrogens is 334 g/mol. The molecule has 0 heterocycles. The van der Waals surface area contributed by atoms with Gasteiger partial charge in [-0.15, -0.1) is 0 Å². The van der Waals surface area contributed by atoms with Crippen LogP contribution >= 0.6 is 0 Å². The molecule has 2 aromatic rings. The van der Waals surface area contributed by atoms with Gasteiger partial charge in [0.2, 0.25) is 0 Å². The maximum absolute atomic E-state index is 12.1. The van der Waals surface area contributed by atoms with Gasteiger partial charge in [-0.1, -0.05) is 0 Å². The number of carbonyl (C=O) groups excluding carboxylic acids is 1. The summed E-state index contributed by atoms with van der Waals surface area (Å²) >= 11 is 0. The van der Waals surface area contributed by atoms with Crippen LogP contribution in [0.5, 0.6) is 17.2 Å². The quantitative estimate of drug-likeness (QED) is 0.561. The van der Waals surface area contributed by atoms with Crippen LogP contribution in [-0.2, 0) is 4.79 Å². The van der Waals surface area contributed by atoms with Crippen LogP contribution in [0.3, 0.4) is 0 Å². The van der Waals surface area contributed by atoms with E-state index in [4.69, 9.17) is 14.2 Å². The number of anilines is 1. The van der Waals surface area contributed by atoms with Gasteiger partial charge < -0.3 is 19.5 Å². The van der Waals surface area contributed by atoms with Crippen molar-refractivity contribution in [2.45, 2.75) is 13.0 Å². The highest BCUT2D eigenvalue weighted by Crippen LogP contribution is 2.26. The van der Waals surface area contributed by atoms with Crippen LogP contribution in [0.15, 0.2) is 47.6 Å². The Morgan fingerprint density at radius 1 is 1.00 bits per heavy atom. The third-order valence-corrected chi connectivity index (χ3v) is 3.66. The van der Waals surface area contributed by atoms with Crippen LogP contribution in [0.4, 0.5) is 5.69 Å². The normalized spacial score (nSPS) is 11.7.